The summed E-state index contributed by atoms with van der Waals surface area (Å²) >= 11 is 0. The van der Waals surface area contributed by atoms with Crippen LogP contribution in [0.1, 0.15) is 27.2 Å². The molecule has 1 rings (SSSR count). The van der Waals surface area contributed by atoms with Crippen molar-refractivity contribution < 1.29 is 4.79 Å². The van der Waals surface area contributed by atoms with Crippen LogP contribution in [0.25, 0.3) is 0 Å². The Hall–Kier alpha value is -0.370. The fourth-order valence-corrected chi connectivity index (χ4v) is 1.45. The number of aldehydes is 1. The number of carbonyl (C=O) groups is 1. The number of likely N-dealkylation sites (tertiary alicyclic amines) is 1. The van der Waals surface area contributed by atoms with Crippen LogP contribution in [0.15, 0.2) is 0 Å². The maximum Gasteiger partial charge on any atom is 0.137 e. The SMILES string of the molecule is CC.CC1CC(C=O)N(C)C1. The largest absolute Gasteiger partial charge is 0.302 e. The van der Waals surface area contributed by atoms with Crippen LogP contribution in [0.2, 0.25) is 0 Å². The van der Waals surface area contributed by atoms with Crippen molar-refractivity contribution in [2.24, 2.45) is 5.92 Å². The van der Waals surface area contributed by atoms with Crippen molar-refractivity contribution in [1.82, 2.24) is 4.90 Å². The Labute approximate surface area is 69.6 Å². The standard InChI is InChI=1S/C7H13NO.C2H6/c1-6-3-7(5-9)8(2)4-6;1-2/h5-7H,3-4H2,1-2H3;1-2H3. The fourth-order valence-electron chi connectivity index (χ4n) is 1.45. The van der Waals surface area contributed by atoms with Crippen LogP contribution in [0.4, 0.5) is 0 Å². The topological polar surface area (TPSA) is 20.3 Å². The lowest BCUT2D eigenvalue weighted by atomic mass is 10.1. The third kappa shape index (κ3) is 3.02. The predicted molar refractivity (Wildman–Crippen MR) is 47.6 cm³/mol. The van der Waals surface area contributed by atoms with E-state index in [4.69, 9.17) is 0 Å². The van der Waals surface area contributed by atoms with E-state index in [1.165, 1.54) is 0 Å². The molecule has 0 spiro atoms. The van der Waals surface area contributed by atoms with Gasteiger partial charge in [-0.1, -0.05) is 20.8 Å². The first-order valence-corrected chi connectivity index (χ1v) is 4.39. The van der Waals surface area contributed by atoms with Crippen molar-refractivity contribution in [2.45, 2.75) is 33.2 Å². The van der Waals surface area contributed by atoms with E-state index in [0.29, 0.717) is 5.92 Å². The Balaban J connectivity index is 0.000000461. The molecule has 0 bridgehead atoms. The van der Waals surface area contributed by atoms with Gasteiger partial charge < -0.3 is 4.79 Å². The third-order valence-corrected chi connectivity index (χ3v) is 1.97. The second kappa shape index (κ2) is 5.30. The molecule has 2 nitrogen and oxygen atoms in total. The average Bonchev–Trinajstić information content (AvgIpc) is 2.33. The minimum Gasteiger partial charge on any atom is -0.302 e. The molecule has 1 heterocycles. The summed E-state index contributed by atoms with van der Waals surface area (Å²) in [5.41, 5.74) is 0. The zero-order valence-corrected chi connectivity index (χ0v) is 8.00. The summed E-state index contributed by atoms with van der Waals surface area (Å²) < 4.78 is 0. The highest BCUT2D eigenvalue weighted by Crippen LogP contribution is 2.18. The number of hydrogen-bond acceptors (Lipinski definition) is 2. The lowest BCUT2D eigenvalue weighted by molar-refractivity contribution is -0.111. The van der Waals surface area contributed by atoms with E-state index in [9.17, 15) is 4.79 Å². The van der Waals surface area contributed by atoms with Gasteiger partial charge in [-0.15, -0.1) is 0 Å². The Morgan fingerprint density at radius 2 is 2.00 bits per heavy atom. The summed E-state index contributed by atoms with van der Waals surface area (Å²) in [5.74, 6) is 0.699. The van der Waals surface area contributed by atoms with Gasteiger partial charge in [0.1, 0.15) is 6.29 Å². The summed E-state index contributed by atoms with van der Waals surface area (Å²) in [6, 6.07) is 0.194. The monoisotopic (exact) mass is 157 g/mol. The normalized spacial score (nSPS) is 30.9. The van der Waals surface area contributed by atoms with Crippen molar-refractivity contribution in [3.05, 3.63) is 0 Å². The predicted octanol–water partition coefficient (Wildman–Crippen LogP) is 1.55. The molecule has 2 heteroatoms. The molecular formula is C9H19NO. The number of rotatable bonds is 1. The van der Waals surface area contributed by atoms with Gasteiger partial charge in [-0.25, -0.2) is 0 Å². The van der Waals surface area contributed by atoms with Gasteiger partial charge in [-0.3, -0.25) is 4.90 Å². The molecule has 0 radical (unpaired) electrons. The Kier molecular flexibility index (Phi) is 5.12. The highest BCUT2D eigenvalue weighted by Gasteiger charge is 2.25. The van der Waals surface area contributed by atoms with Gasteiger partial charge in [0.25, 0.3) is 0 Å². The number of nitrogens with zero attached hydrogens (tertiary/aromatic N) is 1. The summed E-state index contributed by atoms with van der Waals surface area (Å²) in [6.07, 6.45) is 2.09. The molecule has 1 saturated heterocycles. The van der Waals surface area contributed by atoms with Crippen LogP contribution >= 0.6 is 0 Å². The van der Waals surface area contributed by atoms with Crippen LogP contribution in [0, 0.1) is 5.92 Å². The van der Waals surface area contributed by atoms with E-state index in [1.54, 1.807) is 0 Å². The molecule has 0 aromatic heterocycles. The highest BCUT2D eigenvalue weighted by atomic mass is 16.1. The second-order valence-electron chi connectivity index (χ2n) is 2.98. The maximum atomic E-state index is 10.3. The zero-order valence-electron chi connectivity index (χ0n) is 8.00. The Bertz CT molecular complexity index is 114. The van der Waals surface area contributed by atoms with Gasteiger partial charge in [0.05, 0.1) is 6.04 Å². The van der Waals surface area contributed by atoms with Crippen molar-refractivity contribution >= 4 is 6.29 Å². The lowest BCUT2D eigenvalue weighted by Gasteiger charge is -2.10. The smallest absolute Gasteiger partial charge is 0.137 e. The summed E-state index contributed by atoms with van der Waals surface area (Å²) in [5, 5.41) is 0. The molecule has 0 aliphatic carbocycles. The molecule has 66 valence electrons. The molecule has 0 saturated carbocycles. The molecule has 0 aromatic rings. The Morgan fingerprint density at radius 1 is 1.45 bits per heavy atom. The number of likely N-dealkylation sites (N-methyl/N-ethyl adjacent to an activating group) is 1. The minimum atomic E-state index is 0.194. The first-order valence-electron chi connectivity index (χ1n) is 4.39. The van der Waals surface area contributed by atoms with Crippen LogP contribution in [-0.2, 0) is 4.79 Å². The van der Waals surface area contributed by atoms with E-state index >= 15 is 0 Å². The van der Waals surface area contributed by atoms with Gasteiger partial charge in [0, 0.05) is 6.54 Å². The van der Waals surface area contributed by atoms with E-state index in [0.717, 1.165) is 19.3 Å². The molecule has 2 unspecified atom stereocenters. The van der Waals surface area contributed by atoms with Crippen LogP contribution in [0.5, 0.6) is 0 Å². The van der Waals surface area contributed by atoms with E-state index in [2.05, 4.69) is 11.8 Å². The van der Waals surface area contributed by atoms with E-state index < -0.39 is 0 Å². The van der Waals surface area contributed by atoms with Gasteiger partial charge in [0.2, 0.25) is 0 Å². The van der Waals surface area contributed by atoms with Crippen molar-refractivity contribution in [1.29, 1.82) is 0 Å². The van der Waals surface area contributed by atoms with Gasteiger partial charge in [-0.05, 0) is 19.4 Å². The number of hydrogen-bond donors (Lipinski definition) is 0. The van der Waals surface area contributed by atoms with Gasteiger partial charge in [-0.2, -0.15) is 0 Å². The second-order valence-corrected chi connectivity index (χ2v) is 2.98. The molecule has 1 fully saturated rings. The zero-order chi connectivity index (χ0) is 8.85. The van der Waals surface area contributed by atoms with Crippen molar-refractivity contribution in [3.63, 3.8) is 0 Å². The maximum absolute atomic E-state index is 10.3. The highest BCUT2D eigenvalue weighted by molar-refractivity contribution is 5.58. The summed E-state index contributed by atoms with van der Waals surface area (Å²) in [4.78, 5) is 12.4. The third-order valence-electron chi connectivity index (χ3n) is 1.97. The Morgan fingerprint density at radius 3 is 2.18 bits per heavy atom. The van der Waals surface area contributed by atoms with Crippen LogP contribution in [-0.4, -0.2) is 30.8 Å². The van der Waals surface area contributed by atoms with Crippen molar-refractivity contribution in [3.8, 4) is 0 Å². The molecule has 1 aliphatic heterocycles. The molecule has 2 atom stereocenters. The van der Waals surface area contributed by atoms with Crippen LogP contribution < -0.4 is 0 Å². The molecule has 0 amide bonds. The molecular weight excluding hydrogens is 138 g/mol. The summed E-state index contributed by atoms with van der Waals surface area (Å²) in [7, 11) is 2.00. The first kappa shape index (κ1) is 10.6. The van der Waals surface area contributed by atoms with Crippen LogP contribution in [0.3, 0.4) is 0 Å². The molecule has 0 aromatic carbocycles. The number of carbonyl (C=O) groups excluding carboxylic acids is 1. The average molecular weight is 157 g/mol. The minimum absolute atomic E-state index is 0.194. The van der Waals surface area contributed by atoms with Gasteiger partial charge >= 0.3 is 0 Å². The van der Waals surface area contributed by atoms with E-state index in [-0.39, 0.29) is 6.04 Å². The summed E-state index contributed by atoms with van der Waals surface area (Å²) in [6.45, 7) is 7.25. The van der Waals surface area contributed by atoms with E-state index in [1.807, 2.05) is 20.9 Å². The molecule has 1 aliphatic rings. The first-order chi connectivity index (χ1) is 5.24. The van der Waals surface area contributed by atoms with Crippen molar-refractivity contribution in [2.75, 3.05) is 13.6 Å². The molecule has 11 heavy (non-hydrogen) atoms. The van der Waals surface area contributed by atoms with Gasteiger partial charge in [0.15, 0.2) is 0 Å². The quantitative estimate of drug-likeness (QED) is 0.538. The molecule has 0 N–H and O–H groups in total. The fraction of sp³-hybridized carbons (Fsp3) is 0.889. The lowest BCUT2D eigenvalue weighted by Crippen LogP contribution is -2.25.